The van der Waals surface area contributed by atoms with Gasteiger partial charge < -0.3 is 0 Å². The van der Waals surface area contributed by atoms with E-state index in [4.69, 9.17) is 0 Å². The van der Waals surface area contributed by atoms with E-state index in [1.165, 1.54) is 24.3 Å². The maximum atomic E-state index is 11.2. The molecule has 0 saturated carbocycles. The lowest BCUT2D eigenvalue weighted by molar-refractivity contribution is -0.121. The topological polar surface area (TPSA) is 74.8 Å². The van der Waals surface area contributed by atoms with Gasteiger partial charge in [0.15, 0.2) is 0 Å². The minimum Gasteiger partial charge on any atom is -0.269 e. The van der Waals surface area contributed by atoms with Gasteiger partial charge in [-0.15, -0.1) is 0 Å². The number of para-hydroxylation sites is 2. The van der Waals surface area contributed by atoms with Crippen molar-refractivity contribution in [2.75, 3.05) is 9.80 Å². The molecule has 4 amide bonds. The molecular weight excluding hydrogens is 536 g/mol. The monoisotopic (exact) mass is 584 g/mol. The van der Waals surface area contributed by atoms with Crippen LogP contribution in [0.4, 0.5) is 11.4 Å². The van der Waals surface area contributed by atoms with Crippen molar-refractivity contribution < 1.29 is 19.2 Å². The third-order valence-corrected chi connectivity index (χ3v) is 4.31. The molecule has 6 nitrogen and oxygen atoms in total. The van der Waals surface area contributed by atoms with Crippen LogP contribution in [0.25, 0.3) is 0 Å². The van der Waals surface area contributed by atoms with Crippen LogP contribution in [0.2, 0.25) is 0 Å². The number of imide groups is 2. The summed E-state index contributed by atoms with van der Waals surface area (Å²) in [6.45, 7) is 17.5. The summed E-state index contributed by atoms with van der Waals surface area (Å²) < 4.78 is 0. The van der Waals surface area contributed by atoms with Crippen molar-refractivity contribution in [3.05, 3.63) is 121 Å². The van der Waals surface area contributed by atoms with Gasteiger partial charge in [0.05, 0.1) is 11.4 Å². The highest BCUT2D eigenvalue weighted by Gasteiger charge is 2.25. The largest absolute Gasteiger partial charge is 0.269 e. The number of rotatable bonds is 2. The molecule has 0 aromatic heterocycles. The second kappa shape index (κ2) is 18.8. The van der Waals surface area contributed by atoms with Crippen LogP contribution in [0.5, 0.6) is 0 Å². The first-order chi connectivity index (χ1) is 19.6. The first kappa shape index (κ1) is 38.4. The second-order valence-electron chi connectivity index (χ2n) is 12.5. The van der Waals surface area contributed by atoms with E-state index in [-0.39, 0.29) is 31.1 Å². The number of carbonyl (C=O) groups excluding carboxylic acids is 4. The first-order valence-electron chi connectivity index (χ1n) is 13.8. The molecule has 0 unspecified atom stereocenters. The fourth-order valence-corrected chi connectivity index (χ4v) is 2.85. The van der Waals surface area contributed by atoms with Gasteiger partial charge in [0.2, 0.25) is 0 Å². The Kier molecular flexibility index (Phi) is 16.8. The third kappa shape index (κ3) is 17.8. The maximum absolute atomic E-state index is 11.2. The third-order valence-electron chi connectivity index (χ3n) is 4.31. The average Bonchev–Trinajstić information content (AvgIpc) is 3.44. The summed E-state index contributed by atoms with van der Waals surface area (Å²) in [7, 11) is 0. The Bertz CT molecular complexity index is 1150. The molecule has 2 aliphatic rings. The average molecular weight is 585 g/mol. The highest BCUT2D eigenvalue weighted by molar-refractivity contribution is 6.28. The van der Waals surface area contributed by atoms with E-state index >= 15 is 0 Å². The van der Waals surface area contributed by atoms with E-state index in [1.54, 1.807) is 48.5 Å². The van der Waals surface area contributed by atoms with Crippen LogP contribution in [0.15, 0.2) is 121 Å². The first-order valence-corrected chi connectivity index (χ1v) is 13.8. The Labute approximate surface area is 258 Å². The second-order valence-corrected chi connectivity index (χ2v) is 12.5. The molecule has 0 radical (unpaired) electrons. The lowest BCUT2D eigenvalue weighted by atomic mass is 10.0. The highest BCUT2D eigenvalue weighted by Crippen LogP contribution is 2.18. The smallest absolute Gasteiger partial charge is 0.258 e. The summed E-state index contributed by atoms with van der Waals surface area (Å²) in [6, 6.07) is 29.7. The van der Waals surface area contributed by atoms with E-state index in [1.807, 2.05) is 48.5 Å². The van der Waals surface area contributed by atoms with Crippen LogP contribution in [0, 0.1) is 10.8 Å². The molecule has 3 aromatic carbocycles. The zero-order chi connectivity index (χ0) is 31.8. The molecule has 0 atom stereocenters. The van der Waals surface area contributed by atoms with Gasteiger partial charge in [-0.1, -0.05) is 136 Å². The maximum Gasteiger partial charge on any atom is 0.258 e. The number of benzene rings is 3. The summed E-state index contributed by atoms with van der Waals surface area (Å²) in [5.74, 6) is -1.13. The van der Waals surface area contributed by atoms with Crippen LogP contribution in [0.3, 0.4) is 0 Å². The standard InChI is InChI=1S/2C10H7NO2.C6H6.2C5H12.CH4/c2*12-9-6-7-10(13)11(9)8-4-2-1-3-5-8;1-2-4-6-5-3-1;2*1-5(2,3)4;/h2*1-7H;1-6H;2*1-4H3;1H4. The highest BCUT2D eigenvalue weighted by atomic mass is 16.2. The molecular formula is C37H48N2O4. The van der Waals surface area contributed by atoms with Crippen molar-refractivity contribution in [3.63, 3.8) is 0 Å². The molecule has 43 heavy (non-hydrogen) atoms. The molecule has 5 rings (SSSR count). The van der Waals surface area contributed by atoms with E-state index in [0.29, 0.717) is 22.2 Å². The lowest BCUT2D eigenvalue weighted by Crippen LogP contribution is -2.29. The van der Waals surface area contributed by atoms with Gasteiger partial charge in [0.25, 0.3) is 23.6 Å². The molecule has 0 fully saturated rings. The molecule has 0 saturated heterocycles. The molecule has 6 heteroatoms. The van der Waals surface area contributed by atoms with E-state index < -0.39 is 0 Å². The summed E-state index contributed by atoms with van der Waals surface area (Å²) >= 11 is 0. The van der Waals surface area contributed by atoms with Gasteiger partial charge in [-0.2, -0.15) is 0 Å². The van der Waals surface area contributed by atoms with Gasteiger partial charge in [-0.3, -0.25) is 19.2 Å². The Morgan fingerprint density at radius 2 is 0.535 bits per heavy atom. The molecule has 0 bridgehead atoms. The van der Waals surface area contributed by atoms with Crippen molar-refractivity contribution in [1.29, 1.82) is 0 Å². The molecule has 2 aliphatic heterocycles. The van der Waals surface area contributed by atoms with Crippen molar-refractivity contribution in [1.82, 2.24) is 0 Å². The van der Waals surface area contributed by atoms with Crippen molar-refractivity contribution >= 4 is 35.0 Å². The lowest BCUT2D eigenvalue weighted by Gasteiger charge is -2.12. The Balaban J connectivity index is 0.000000549. The van der Waals surface area contributed by atoms with E-state index in [0.717, 1.165) is 9.80 Å². The van der Waals surface area contributed by atoms with Gasteiger partial charge >= 0.3 is 0 Å². The van der Waals surface area contributed by atoms with Crippen molar-refractivity contribution in [3.8, 4) is 0 Å². The quantitative estimate of drug-likeness (QED) is 0.283. The van der Waals surface area contributed by atoms with E-state index in [2.05, 4.69) is 55.4 Å². The zero-order valence-electron chi connectivity index (χ0n) is 26.1. The number of hydrogen-bond donors (Lipinski definition) is 0. The van der Waals surface area contributed by atoms with Crippen LogP contribution < -0.4 is 9.80 Å². The Hall–Kier alpha value is -4.58. The minimum absolute atomic E-state index is 0. The Morgan fingerprint density at radius 1 is 0.372 bits per heavy atom. The Morgan fingerprint density at radius 3 is 0.721 bits per heavy atom. The minimum atomic E-state index is -0.281. The van der Waals surface area contributed by atoms with Gasteiger partial charge in [-0.25, -0.2) is 9.80 Å². The van der Waals surface area contributed by atoms with Gasteiger partial charge in [-0.05, 0) is 35.1 Å². The van der Waals surface area contributed by atoms with Gasteiger partial charge in [0.1, 0.15) is 0 Å². The fourth-order valence-electron chi connectivity index (χ4n) is 2.85. The fraction of sp³-hybridized carbons (Fsp3) is 0.297. The molecule has 230 valence electrons. The molecule has 0 N–H and O–H groups in total. The molecule has 0 spiro atoms. The van der Waals surface area contributed by atoms with Crippen LogP contribution in [-0.4, -0.2) is 23.6 Å². The predicted octanol–water partition coefficient (Wildman–Crippen LogP) is 8.66. The predicted molar refractivity (Wildman–Crippen MR) is 180 cm³/mol. The van der Waals surface area contributed by atoms with Crippen LogP contribution >= 0.6 is 0 Å². The van der Waals surface area contributed by atoms with Crippen molar-refractivity contribution in [2.24, 2.45) is 10.8 Å². The number of hydrogen-bond acceptors (Lipinski definition) is 4. The summed E-state index contributed by atoms with van der Waals surface area (Å²) in [5, 5.41) is 0. The number of anilines is 2. The summed E-state index contributed by atoms with van der Waals surface area (Å²) in [6.07, 6.45) is 5.09. The zero-order valence-corrected chi connectivity index (χ0v) is 26.1. The molecule has 0 aliphatic carbocycles. The van der Waals surface area contributed by atoms with Gasteiger partial charge in [0, 0.05) is 24.3 Å². The normalized spacial score (nSPS) is 13.3. The molecule has 2 heterocycles. The molecule has 3 aromatic rings. The van der Waals surface area contributed by atoms with Crippen molar-refractivity contribution in [2.45, 2.75) is 62.8 Å². The van der Waals surface area contributed by atoms with Crippen LogP contribution in [0.1, 0.15) is 62.8 Å². The van der Waals surface area contributed by atoms with E-state index in [9.17, 15) is 19.2 Å². The SMILES string of the molecule is C.CC(C)(C)C.CC(C)(C)C.O=C1C=CC(=O)N1c1ccccc1.O=C1C=CC(=O)N1c1ccccc1.c1ccccc1. The summed E-state index contributed by atoms with van der Waals surface area (Å²) in [5.41, 5.74) is 2.23. The van der Waals surface area contributed by atoms with Crippen LogP contribution in [-0.2, 0) is 19.2 Å². The number of carbonyl (C=O) groups is 4. The summed E-state index contributed by atoms with van der Waals surface area (Å²) in [4.78, 5) is 47.1. The number of amides is 4. The number of nitrogens with zero attached hydrogens (tertiary/aromatic N) is 2.